The first-order valence-corrected chi connectivity index (χ1v) is 5.71. The molecule has 0 fully saturated rings. The van der Waals surface area contributed by atoms with E-state index in [-0.39, 0.29) is 24.2 Å². The van der Waals surface area contributed by atoms with Gasteiger partial charge in [-0.25, -0.2) is 0 Å². The molecular weight excluding hydrogens is 218 g/mol. The van der Waals surface area contributed by atoms with E-state index < -0.39 is 5.97 Å². The summed E-state index contributed by atoms with van der Waals surface area (Å²) in [7, 11) is 0. The average Bonchev–Trinajstić information content (AvgIpc) is 2.28. The second kappa shape index (κ2) is 4.57. The molecule has 2 rings (SSSR count). The highest BCUT2D eigenvalue weighted by Gasteiger charge is 2.32. The van der Waals surface area contributed by atoms with Gasteiger partial charge in [0.15, 0.2) is 0 Å². The molecule has 0 aromatic heterocycles. The van der Waals surface area contributed by atoms with Crippen LogP contribution in [0.3, 0.4) is 0 Å². The Morgan fingerprint density at radius 2 is 2.12 bits per heavy atom. The van der Waals surface area contributed by atoms with E-state index in [1.807, 2.05) is 31.2 Å². The molecule has 0 radical (unpaired) electrons. The van der Waals surface area contributed by atoms with Gasteiger partial charge in [-0.1, -0.05) is 25.1 Å². The number of carboxylic acid groups (broad SMARTS) is 1. The van der Waals surface area contributed by atoms with Crippen LogP contribution in [0.2, 0.25) is 0 Å². The molecule has 2 atom stereocenters. The van der Waals surface area contributed by atoms with Crippen molar-refractivity contribution < 1.29 is 14.7 Å². The van der Waals surface area contributed by atoms with Gasteiger partial charge in [0.25, 0.3) is 0 Å². The monoisotopic (exact) mass is 233 g/mol. The molecule has 1 amide bonds. The molecule has 4 nitrogen and oxygen atoms in total. The van der Waals surface area contributed by atoms with Gasteiger partial charge in [-0.05, 0) is 24.0 Å². The fraction of sp³-hybridized carbons (Fsp3) is 0.385. The molecule has 0 saturated carbocycles. The average molecular weight is 233 g/mol. The van der Waals surface area contributed by atoms with E-state index in [4.69, 9.17) is 5.11 Å². The molecule has 1 aromatic rings. The number of carbonyl (C=O) groups is 2. The number of hydrogen-bond donors (Lipinski definition) is 2. The molecule has 2 N–H and O–H groups in total. The van der Waals surface area contributed by atoms with Crippen LogP contribution in [0.4, 0.5) is 5.69 Å². The van der Waals surface area contributed by atoms with Gasteiger partial charge in [-0.15, -0.1) is 0 Å². The second-order valence-corrected chi connectivity index (χ2v) is 4.40. The predicted octanol–water partition coefficient (Wildman–Crippen LogP) is 2.22. The number of anilines is 1. The van der Waals surface area contributed by atoms with Crippen molar-refractivity contribution >= 4 is 17.6 Å². The molecule has 0 aliphatic carbocycles. The number of rotatable bonds is 3. The van der Waals surface area contributed by atoms with Gasteiger partial charge < -0.3 is 10.4 Å². The second-order valence-electron chi connectivity index (χ2n) is 4.40. The van der Waals surface area contributed by atoms with Crippen LogP contribution in [-0.2, 0) is 9.59 Å². The van der Waals surface area contributed by atoms with Crippen molar-refractivity contribution in [2.45, 2.75) is 25.7 Å². The Kier molecular flexibility index (Phi) is 3.13. The SMILES string of the molecule is CC1c2ccccc2NC(=O)C1CCC(=O)O. The van der Waals surface area contributed by atoms with E-state index in [0.29, 0.717) is 6.42 Å². The number of nitrogens with one attached hydrogen (secondary N) is 1. The lowest BCUT2D eigenvalue weighted by molar-refractivity contribution is -0.137. The third-order valence-corrected chi connectivity index (χ3v) is 3.32. The topological polar surface area (TPSA) is 66.4 Å². The van der Waals surface area contributed by atoms with Crippen LogP contribution < -0.4 is 5.32 Å². The molecule has 1 heterocycles. The summed E-state index contributed by atoms with van der Waals surface area (Å²) in [5.74, 6) is -1.11. The quantitative estimate of drug-likeness (QED) is 0.841. The summed E-state index contributed by atoms with van der Waals surface area (Å²) >= 11 is 0. The molecular formula is C13H15NO3. The van der Waals surface area contributed by atoms with Crippen molar-refractivity contribution in [1.29, 1.82) is 0 Å². The molecule has 2 unspecified atom stereocenters. The maximum atomic E-state index is 11.9. The van der Waals surface area contributed by atoms with Crippen molar-refractivity contribution in [1.82, 2.24) is 0 Å². The highest BCUT2D eigenvalue weighted by Crippen LogP contribution is 2.37. The molecule has 1 aliphatic heterocycles. The summed E-state index contributed by atoms with van der Waals surface area (Å²) < 4.78 is 0. The largest absolute Gasteiger partial charge is 0.481 e. The lowest BCUT2D eigenvalue weighted by Crippen LogP contribution is -2.32. The fourth-order valence-electron chi connectivity index (χ4n) is 2.34. The van der Waals surface area contributed by atoms with Gasteiger partial charge in [0.2, 0.25) is 5.91 Å². The molecule has 4 heteroatoms. The number of amides is 1. The maximum absolute atomic E-state index is 11.9. The van der Waals surface area contributed by atoms with Crippen LogP contribution in [-0.4, -0.2) is 17.0 Å². The third-order valence-electron chi connectivity index (χ3n) is 3.32. The molecule has 17 heavy (non-hydrogen) atoms. The number of hydrogen-bond acceptors (Lipinski definition) is 2. The van der Waals surface area contributed by atoms with Crippen LogP contribution in [0.5, 0.6) is 0 Å². The van der Waals surface area contributed by atoms with Crippen molar-refractivity contribution in [3.05, 3.63) is 29.8 Å². The molecule has 0 saturated heterocycles. The van der Waals surface area contributed by atoms with E-state index in [1.165, 1.54) is 0 Å². The first-order chi connectivity index (χ1) is 8.09. The number of carboxylic acids is 1. The number of para-hydroxylation sites is 1. The maximum Gasteiger partial charge on any atom is 0.303 e. The first-order valence-electron chi connectivity index (χ1n) is 5.71. The summed E-state index contributed by atoms with van der Waals surface area (Å²) in [4.78, 5) is 22.4. The Bertz CT molecular complexity index is 456. The number of fused-ring (bicyclic) bond motifs is 1. The molecule has 1 aromatic carbocycles. The lowest BCUT2D eigenvalue weighted by Gasteiger charge is -2.30. The molecule has 0 spiro atoms. The highest BCUT2D eigenvalue weighted by atomic mass is 16.4. The summed E-state index contributed by atoms with van der Waals surface area (Å²) in [6.07, 6.45) is 0.418. The van der Waals surface area contributed by atoms with E-state index in [1.54, 1.807) is 0 Å². The number of benzene rings is 1. The smallest absolute Gasteiger partial charge is 0.303 e. The van der Waals surface area contributed by atoms with Crippen LogP contribution >= 0.6 is 0 Å². The highest BCUT2D eigenvalue weighted by molar-refractivity contribution is 5.96. The van der Waals surface area contributed by atoms with Crippen molar-refractivity contribution in [3.8, 4) is 0 Å². The van der Waals surface area contributed by atoms with Crippen molar-refractivity contribution in [3.63, 3.8) is 0 Å². The van der Waals surface area contributed by atoms with Crippen LogP contribution in [0, 0.1) is 5.92 Å². The predicted molar refractivity (Wildman–Crippen MR) is 63.8 cm³/mol. The van der Waals surface area contributed by atoms with E-state index in [0.717, 1.165) is 11.3 Å². The Morgan fingerprint density at radius 1 is 1.41 bits per heavy atom. The van der Waals surface area contributed by atoms with Gasteiger partial charge in [0.05, 0.1) is 0 Å². The van der Waals surface area contributed by atoms with Gasteiger partial charge >= 0.3 is 5.97 Å². The van der Waals surface area contributed by atoms with E-state index in [2.05, 4.69) is 5.32 Å². The summed E-state index contributed by atoms with van der Waals surface area (Å²) in [6, 6.07) is 7.66. The van der Waals surface area contributed by atoms with Gasteiger partial charge in [-0.3, -0.25) is 9.59 Å². The standard InChI is InChI=1S/C13H15NO3/c1-8-9-4-2-3-5-11(9)14-13(17)10(8)6-7-12(15)16/h2-5,8,10H,6-7H2,1H3,(H,14,17)(H,15,16). The van der Waals surface area contributed by atoms with Crippen LogP contribution in [0.25, 0.3) is 0 Å². The molecule has 1 aliphatic rings. The molecule has 0 bridgehead atoms. The van der Waals surface area contributed by atoms with Gasteiger partial charge in [0, 0.05) is 18.0 Å². The summed E-state index contributed by atoms with van der Waals surface area (Å²) in [5, 5.41) is 11.5. The number of carbonyl (C=O) groups excluding carboxylic acids is 1. The fourth-order valence-corrected chi connectivity index (χ4v) is 2.34. The first kappa shape index (κ1) is 11.6. The van der Waals surface area contributed by atoms with Crippen molar-refractivity contribution in [2.24, 2.45) is 5.92 Å². The Hall–Kier alpha value is -1.84. The summed E-state index contributed by atoms with van der Waals surface area (Å²) in [6.45, 7) is 1.98. The Balaban J connectivity index is 2.21. The van der Waals surface area contributed by atoms with E-state index >= 15 is 0 Å². The zero-order valence-electron chi connectivity index (χ0n) is 9.64. The zero-order valence-corrected chi connectivity index (χ0v) is 9.64. The minimum absolute atomic E-state index is 0.0323. The van der Waals surface area contributed by atoms with E-state index in [9.17, 15) is 9.59 Å². The number of aliphatic carboxylic acids is 1. The zero-order chi connectivity index (χ0) is 12.4. The normalized spacial score (nSPS) is 22.8. The Labute approximate surface area is 99.6 Å². The van der Waals surface area contributed by atoms with Crippen molar-refractivity contribution in [2.75, 3.05) is 5.32 Å². The Morgan fingerprint density at radius 3 is 2.82 bits per heavy atom. The lowest BCUT2D eigenvalue weighted by atomic mass is 9.80. The van der Waals surface area contributed by atoms with Crippen LogP contribution in [0.15, 0.2) is 24.3 Å². The molecule has 90 valence electrons. The van der Waals surface area contributed by atoms with Gasteiger partial charge in [0.1, 0.15) is 0 Å². The van der Waals surface area contributed by atoms with Gasteiger partial charge in [-0.2, -0.15) is 0 Å². The van der Waals surface area contributed by atoms with Crippen LogP contribution in [0.1, 0.15) is 31.2 Å². The third kappa shape index (κ3) is 2.30. The minimum atomic E-state index is -0.858. The minimum Gasteiger partial charge on any atom is -0.481 e. The summed E-state index contributed by atoms with van der Waals surface area (Å²) in [5.41, 5.74) is 1.93.